The molecule has 1 aromatic rings. The standard InChI is InChI=1S/C10H16N.C8H20N.K.3H2O/c1-11(2,3)9-10-7-5-4-6-8-10;1-5-9(6-2,7-3)8-4;;;;/h4-8H,9H2,1-3H3;5-8H2,1-4H3;;3*1H2/q3*+1;;;/p-3. The first-order chi connectivity index (χ1) is 9.32. The zero-order chi connectivity index (χ0) is 15.6. The van der Waals surface area contributed by atoms with Crippen LogP contribution in [0.1, 0.15) is 33.3 Å². The van der Waals surface area contributed by atoms with Crippen molar-refractivity contribution in [2.45, 2.75) is 34.2 Å². The molecule has 0 radical (unpaired) electrons. The normalized spacial score (nSPS) is 9.79. The van der Waals surface area contributed by atoms with Crippen molar-refractivity contribution in [1.82, 2.24) is 0 Å². The van der Waals surface area contributed by atoms with Gasteiger partial charge in [-0.05, 0) is 27.7 Å². The van der Waals surface area contributed by atoms with Gasteiger partial charge in [0.1, 0.15) is 6.54 Å². The summed E-state index contributed by atoms with van der Waals surface area (Å²) in [5, 5.41) is 0. The molecule has 0 atom stereocenters. The van der Waals surface area contributed by atoms with Crippen molar-refractivity contribution in [3.63, 3.8) is 0 Å². The van der Waals surface area contributed by atoms with Crippen LogP contribution in [0.4, 0.5) is 0 Å². The minimum atomic E-state index is 0. The second-order valence-electron chi connectivity index (χ2n) is 6.54. The van der Waals surface area contributed by atoms with Crippen molar-refractivity contribution < 1.29 is 76.8 Å². The van der Waals surface area contributed by atoms with Gasteiger partial charge in [0.25, 0.3) is 0 Å². The molecule has 1 rings (SSSR count). The predicted octanol–water partition coefficient (Wildman–Crippen LogP) is 0.249. The first-order valence-corrected chi connectivity index (χ1v) is 8.02. The average molecular weight is 371 g/mol. The van der Waals surface area contributed by atoms with Gasteiger partial charge in [-0.15, -0.1) is 0 Å². The molecule has 0 amide bonds. The molecule has 0 fully saturated rings. The molecule has 0 aromatic heterocycles. The van der Waals surface area contributed by atoms with E-state index in [4.69, 9.17) is 0 Å². The maximum atomic E-state index is 2.27. The maximum Gasteiger partial charge on any atom is 1.00 e. The second-order valence-corrected chi connectivity index (χ2v) is 6.54. The smallest absolute Gasteiger partial charge is 0.870 e. The number of nitrogens with zero attached hydrogens (tertiary/aromatic N) is 2. The third kappa shape index (κ3) is 16.1. The Hall–Kier alpha value is 0.656. The zero-order valence-electron chi connectivity index (χ0n) is 17.2. The van der Waals surface area contributed by atoms with Crippen LogP contribution in [0, 0.1) is 0 Å². The van der Waals surface area contributed by atoms with Crippen molar-refractivity contribution >= 4 is 0 Å². The molecule has 24 heavy (non-hydrogen) atoms. The van der Waals surface area contributed by atoms with Crippen LogP contribution in [0.15, 0.2) is 30.3 Å². The molecule has 3 N–H and O–H groups in total. The Balaban J connectivity index is -0.0000000874. The fourth-order valence-electron chi connectivity index (χ4n) is 2.47. The molecule has 0 heterocycles. The molecular formula is C18H39KN2O3. The van der Waals surface area contributed by atoms with Gasteiger partial charge in [0.15, 0.2) is 0 Å². The van der Waals surface area contributed by atoms with Crippen molar-refractivity contribution in [2.75, 3.05) is 47.3 Å². The predicted molar refractivity (Wildman–Crippen MR) is 96.4 cm³/mol. The van der Waals surface area contributed by atoms with Crippen molar-refractivity contribution in [1.29, 1.82) is 0 Å². The van der Waals surface area contributed by atoms with E-state index in [1.165, 1.54) is 36.2 Å². The van der Waals surface area contributed by atoms with Gasteiger partial charge in [0, 0.05) is 5.56 Å². The fourth-order valence-corrected chi connectivity index (χ4v) is 2.47. The summed E-state index contributed by atoms with van der Waals surface area (Å²) in [5.41, 5.74) is 1.40. The quantitative estimate of drug-likeness (QED) is 0.531. The van der Waals surface area contributed by atoms with Crippen LogP contribution in [0.3, 0.4) is 0 Å². The molecule has 6 heteroatoms. The first kappa shape index (κ1) is 35.7. The first-order valence-electron chi connectivity index (χ1n) is 8.02. The molecule has 0 saturated carbocycles. The minimum absolute atomic E-state index is 0. The summed E-state index contributed by atoms with van der Waals surface area (Å²) >= 11 is 0. The van der Waals surface area contributed by atoms with Crippen molar-refractivity contribution in [3.8, 4) is 0 Å². The van der Waals surface area contributed by atoms with Gasteiger partial charge in [0.2, 0.25) is 0 Å². The molecule has 0 saturated heterocycles. The van der Waals surface area contributed by atoms with Gasteiger partial charge in [-0.2, -0.15) is 0 Å². The average Bonchev–Trinajstić information content (AvgIpc) is 2.42. The van der Waals surface area contributed by atoms with Crippen LogP contribution in [0.5, 0.6) is 0 Å². The molecule has 0 aliphatic rings. The SMILES string of the molecule is CC[N+](CC)(CC)CC.C[N+](C)(C)Cc1ccccc1.[K+].[OH-].[OH-].[OH-]. The maximum absolute atomic E-state index is 2.27. The van der Waals surface area contributed by atoms with E-state index in [1.807, 2.05) is 0 Å². The molecular weight excluding hydrogens is 331 g/mol. The van der Waals surface area contributed by atoms with E-state index >= 15 is 0 Å². The number of hydrogen-bond acceptors (Lipinski definition) is 3. The summed E-state index contributed by atoms with van der Waals surface area (Å²) in [7, 11) is 6.60. The molecule has 0 aliphatic carbocycles. The molecule has 0 unspecified atom stereocenters. The number of rotatable bonds is 6. The van der Waals surface area contributed by atoms with Crippen LogP contribution < -0.4 is 51.4 Å². The van der Waals surface area contributed by atoms with Gasteiger partial charge in [0.05, 0.1) is 47.3 Å². The number of benzene rings is 1. The Morgan fingerprint density at radius 1 is 0.667 bits per heavy atom. The Morgan fingerprint density at radius 3 is 1.21 bits per heavy atom. The van der Waals surface area contributed by atoms with Crippen molar-refractivity contribution in [3.05, 3.63) is 35.9 Å². The Morgan fingerprint density at radius 2 is 1.00 bits per heavy atom. The zero-order valence-corrected chi connectivity index (χ0v) is 20.3. The summed E-state index contributed by atoms with van der Waals surface area (Å²) in [6, 6.07) is 10.6. The molecule has 140 valence electrons. The summed E-state index contributed by atoms with van der Waals surface area (Å²) in [4.78, 5) is 0. The Labute approximate surface area is 192 Å². The summed E-state index contributed by atoms with van der Waals surface area (Å²) in [6.07, 6.45) is 0. The summed E-state index contributed by atoms with van der Waals surface area (Å²) in [6.45, 7) is 15.3. The van der Waals surface area contributed by atoms with Crippen LogP contribution in [0.25, 0.3) is 0 Å². The molecule has 0 bridgehead atoms. The number of hydrogen-bond donors (Lipinski definition) is 0. The van der Waals surface area contributed by atoms with Crippen LogP contribution in [-0.4, -0.2) is 72.7 Å². The van der Waals surface area contributed by atoms with Gasteiger partial charge in [-0.25, -0.2) is 0 Å². The largest absolute Gasteiger partial charge is 1.00 e. The van der Waals surface area contributed by atoms with E-state index in [0.29, 0.717) is 0 Å². The van der Waals surface area contributed by atoms with Crippen LogP contribution in [-0.2, 0) is 6.54 Å². The van der Waals surface area contributed by atoms with Gasteiger partial charge in [-0.1, -0.05) is 30.3 Å². The van der Waals surface area contributed by atoms with Crippen LogP contribution in [0.2, 0.25) is 0 Å². The van der Waals surface area contributed by atoms with E-state index in [0.717, 1.165) is 11.0 Å². The Bertz CT molecular complexity index is 336. The van der Waals surface area contributed by atoms with Crippen LogP contribution >= 0.6 is 0 Å². The molecule has 0 spiro atoms. The number of quaternary nitrogens is 2. The summed E-state index contributed by atoms with van der Waals surface area (Å²) in [5.74, 6) is 0. The fraction of sp³-hybridized carbons (Fsp3) is 0.667. The molecule has 0 aliphatic heterocycles. The van der Waals surface area contributed by atoms with Gasteiger partial charge >= 0.3 is 51.4 Å². The van der Waals surface area contributed by atoms with E-state index in [-0.39, 0.29) is 67.8 Å². The van der Waals surface area contributed by atoms with E-state index in [9.17, 15) is 0 Å². The van der Waals surface area contributed by atoms with E-state index < -0.39 is 0 Å². The monoisotopic (exact) mass is 370 g/mol. The van der Waals surface area contributed by atoms with E-state index in [2.05, 4.69) is 79.2 Å². The van der Waals surface area contributed by atoms with Crippen molar-refractivity contribution in [2.24, 2.45) is 0 Å². The second kappa shape index (κ2) is 18.4. The third-order valence-electron chi connectivity index (χ3n) is 4.18. The minimum Gasteiger partial charge on any atom is -0.870 e. The van der Waals surface area contributed by atoms with E-state index in [1.54, 1.807) is 0 Å². The third-order valence-corrected chi connectivity index (χ3v) is 4.18. The molecule has 1 aromatic carbocycles. The summed E-state index contributed by atoms with van der Waals surface area (Å²) < 4.78 is 2.27. The Kier molecular flexibility index (Phi) is 27.5. The van der Waals surface area contributed by atoms with Gasteiger partial charge < -0.3 is 25.4 Å². The molecule has 5 nitrogen and oxygen atoms in total. The van der Waals surface area contributed by atoms with Gasteiger partial charge in [-0.3, -0.25) is 0 Å². The topological polar surface area (TPSA) is 90.0 Å².